The molecule has 0 fully saturated rings. The van der Waals surface area contributed by atoms with Gasteiger partial charge in [-0.25, -0.2) is 9.97 Å². The Morgan fingerprint density at radius 2 is 1.59 bits per heavy atom. The second-order valence-corrected chi connectivity index (χ2v) is 6.39. The minimum atomic E-state index is -0.0884. The minimum absolute atomic E-state index is 0.0884. The average Bonchev–Trinajstić information content (AvgIpc) is 2.72. The fraction of sp³-hybridized carbons (Fsp3) is 0.227. The van der Waals surface area contributed by atoms with Crippen molar-refractivity contribution in [1.82, 2.24) is 14.9 Å². The van der Waals surface area contributed by atoms with Gasteiger partial charge >= 0.3 is 0 Å². The van der Waals surface area contributed by atoms with Crippen LogP contribution in [-0.4, -0.2) is 34.4 Å². The van der Waals surface area contributed by atoms with Crippen molar-refractivity contribution >= 4 is 17.5 Å². The van der Waals surface area contributed by atoms with Gasteiger partial charge in [0.25, 0.3) is 5.91 Å². The van der Waals surface area contributed by atoms with Gasteiger partial charge in [-0.15, -0.1) is 0 Å². The summed E-state index contributed by atoms with van der Waals surface area (Å²) in [5.74, 6) is 0.426. The summed E-state index contributed by atoms with van der Waals surface area (Å²) in [6, 6.07) is 21.6. The molecule has 5 heteroatoms. The van der Waals surface area contributed by atoms with E-state index < -0.39 is 0 Å². The van der Waals surface area contributed by atoms with Crippen molar-refractivity contribution in [3.8, 4) is 0 Å². The highest BCUT2D eigenvalue weighted by molar-refractivity contribution is 5.92. The highest BCUT2D eigenvalue weighted by Crippen LogP contribution is 2.20. The average molecular weight is 360 g/mol. The van der Waals surface area contributed by atoms with E-state index >= 15 is 0 Å². The molecule has 0 bridgehead atoms. The first-order valence-corrected chi connectivity index (χ1v) is 9.06. The zero-order valence-electron chi connectivity index (χ0n) is 16.0. The maximum Gasteiger partial charge on any atom is 0.272 e. The lowest BCUT2D eigenvalue weighted by Crippen LogP contribution is -2.31. The number of aromatic nitrogens is 2. The number of hydrogen-bond acceptors (Lipinski definition) is 4. The van der Waals surface area contributed by atoms with Gasteiger partial charge in [0, 0.05) is 31.5 Å². The molecule has 3 aromatic rings. The molecule has 1 aromatic heterocycles. The molecule has 0 aliphatic rings. The van der Waals surface area contributed by atoms with E-state index in [2.05, 4.69) is 9.97 Å². The van der Waals surface area contributed by atoms with Gasteiger partial charge in [-0.2, -0.15) is 0 Å². The summed E-state index contributed by atoms with van der Waals surface area (Å²) in [4.78, 5) is 25.8. The number of nitrogens with zero attached hydrogens (tertiary/aromatic N) is 4. The van der Waals surface area contributed by atoms with Crippen molar-refractivity contribution in [2.24, 2.45) is 0 Å². The number of amides is 1. The first kappa shape index (κ1) is 18.6. The number of rotatable bonds is 6. The van der Waals surface area contributed by atoms with E-state index in [0.717, 1.165) is 16.9 Å². The molecule has 27 heavy (non-hydrogen) atoms. The molecule has 3 rings (SSSR count). The monoisotopic (exact) mass is 360 g/mol. The van der Waals surface area contributed by atoms with Crippen LogP contribution in [0.3, 0.4) is 0 Å². The standard InChI is InChI=1S/C22H24N4O/c1-4-26(16-18-11-7-5-8-12-18)21(27)20-15-17(2)23-22(24-20)25(3)19-13-9-6-10-14-19/h5-15H,4,16H2,1-3H3. The number of carbonyl (C=O) groups is 1. The normalized spacial score (nSPS) is 10.5. The minimum Gasteiger partial charge on any atom is -0.333 e. The summed E-state index contributed by atoms with van der Waals surface area (Å²) in [5.41, 5.74) is 3.25. The first-order chi connectivity index (χ1) is 13.1. The summed E-state index contributed by atoms with van der Waals surface area (Å²) < 4.78 is 0. The van der Waals surface area contributed by atoms with E-state index in [1.54, 1.807) is 11.0 Å². The van der Waals surface area contributed by atoms with E-state index in [0.29, 0.717) is 24.7 Å². The van der Waals surface area contributed by atoms with E-state index in [1.165, 1.54) is 0 Å². The Balaban J connectivity index is 1.87. The van der Waals surface area contributed by atoms with Gasteiger partial charge in [0.15, 0.2) is 0 Å². The third-order valence-electron chi connectivity index (χ3n) is 4.39. The number of aryl methyl sites for hydroxylation is 1. The molecule has 0 aliphatic carbocycles. The van der Waals surface area contributed by atoms with Gasteiger partial charge in [-0.05, 0) is 37.6 Å². The van der Waals surface area contributed by atoms with Crippen LogP contribution in [0.5, 0.6) is 0 Å². The van der Waals surface area contributed by atoms with Crippen LogP contribution in [0.4, 0.5) is 11.6 Å². The van der Waals surface area contributed by atoms with Gasteiger partial charge in [0.2, 0.25) is 5.95 Å². The lowest BCUT2D eigenvalue weighted by Gasteiger charge is -2.22. The molecule has 0 unspecified atom stereocenters. The topological polar surface area (TPSA) is 49.3 Å². The Hall–Kier alpha value is -3.21. The fourth-order valence-electron chi connectivity index (χ4n) is 2.87. The predicted octanol–water partition coefficient (Wildman–Crippen LogP) is 4.22. The van der Waals surface area contributed by atoms with Crippen molar-refractivity contribution in [2.45, 2.75) is 20.4 Å². The first-order valence-electron chi connectivity index (χ1n) is 9.06. The molecular formula is C22H24N4O. The summed E-state index contributed by atoms with van der Waals surface area (Å²) in [7, 11) is 1.90. The van der Waals surface area contributed by atoms with Crippen molar-refractivity contribution < 1.29 is 4.79 Å². The molecule has 5 nitrogen and oxygen atoms in total. The number of benzene rings is 2. The molecule has 0 saturated heterocycles. The molecule has 0 atom stereocenters. The largest absolute Gasteiger partial charge is 0.333 e. The Morgan fingerprint density at radius 1 is 0.963 bits per heavy atom. The van der Waals surface area contributed by atoms with E-state index in [1.807, 2.05) is 86.5 Å². The van der Waals surface area contributed by atoms with Gasteiger partial charge in [0.05, 0.1) is 0 Å². The van der Waals surface area contributed by atoms with Crippen molar-refractivity contribution in [1.29, 1.82) is 0 Å². The molecule has 0 aliphatic heterocycles. The maximum absolute atomic E-state index is 13.1. The van der Waals surface area contributed by atoms with Gasteiger partial charge in [0.1, 0.15) is 5.69 Å². The molecule has 138 valence electrons. The van der Waals surface area contributed by atoms with Crippen molar-refractivity contribution in [3.05, 3.63) is 83.7 Å². The second kappa shape index (κ2) is 8.45. The summed E-state index contributed by atoms with van der Waals surface area (Å²) >= 11 is 0. The van der Waals surface area contributed by atoms with Crippen LogP contribution in [0, 0.1) is 6.92 Å². The van der Waals surface area contributed by atoms with Crippen LogP contribution >= 0.6 is 0 Å². The lowest BCUT2D eigenvalue weighted by molar-refractivity contribution is 0.0746. The van der Waals surface area contributed by atoms with E-state index in [-0.39, 0.29) is 5.91 Å². The van der Waals surface area contributed by atoms with Crippen LogP contribution in [0.2, 0.25) is 0 Å². The highest BCUT2D eigenvalue weighted by atomic mass is 16.2. The zero-order valence-corrected chi connectivity index (χ0v) is 16.0. The molecule has 0 spiro atoms. The Labute approximate surface area is 160 Å². The van der Waals surface area contributed by atoms with E-state index in [4.69, 9.17) is 0 Å². The van der Waals surface area contributed by atoms with Crippen LogP contribution in [-0.2, 0) is 6.54 Å². The van der Waals surface area contributed by atoms with Crippen LogP contribution in [0.15, 0.2) is 66.7 Å². The van der Waals surface area contributed by atoms with Gasteiger partial charge in [-0.1, -0.05) is 48.5 Å². The van der Waals surface area contributed by atoms with Gasteiger partial charge < -0.3 is 9.80 Å². The molecule has 1 heterocycles. The molecule has 1 amide bonds. The van der Waals surface area contributed by atoms with Crippen molar-refractivity contribution in [2.75, 3.05) is 18.5 Å². The molecule has 0 radical (unpaired) electrons. The molecular weight excluding hydrogens is 336 g/mol. The highest BCUT2D eigenvalue weighted by Gasteiger charge is 2.19. The number of hydrogen-bond donors (Lipinski definition) is 0. The van der Waals surface area contributed by atoms with Gasteiger partial charge in [-0.3, -0.25) is 4.79 Å². The second-order valence-electron chi connectivity index (χ2n) is 6.39. The lowest BCUT2D eigenvalue weighted by atomic mass is 10.2. The SMILES string of the molecule is CCN(Cc1ccccc1)C(=O)c1cc(C)nc(N(C)c2ccccc2)n1. The summed E-state index contributed by atoms with van der Waals surface area (Å²) in [5, 5.41) is 0. The number of para-hydroxylation sites is 1. The molecule has 0 N–H and O–H groups in total. The Bertz CT molecular complexity index is 897. The van der Waals surface area contributed by atoms with E-state index in [9.17, 15) is 4.79 Å². The third-order valence-corrected chi connectivity index (χ3v) is 4.39. The zero-order chi connectivity index (χ0) is 19.2. The Morgan fingerprint density at radius 3 is 2.22 bits per heavy atom. The quantitative estimate of drug-likeness (QED) is 0.660. The van der Waals surface area contributed by atoms with Crippen LogP contribution in [0.25, 0.3) is 0 Å². The number of carbonyl (C=O) groups excluding carboxylic acids is 1. The molecule has 2 aromatic carbocycles. The fourth-order valence-corrected chi connectivity index (χ4v) is 2.87. The maximum atomic E-state index is 13.1. The number of anilines is 2. The van der Waals surface area contributed by atoms with Crippen molar-refractivity contribution in [3.63, 3.8) is 0 Å². The third kappa shape index (κ3) is 4.50. The molecule has 0 saturated carbocycles. The Kier molecular flexibility index (Phi) is 5.81. The van der Waals surface area contributed by atoms with Crippen LogP contribution < -0.4 is 4.90 Å². The summed E-state index contributed by atoms with van der Waals surface area (Å²) in [6.07, 6.45) is 0. The van der Waals surface area contributed by atoms with Crippen LogP contribution in [0.1, 0.15) is 28.7 Å². The summed E-state index contributed by atoms with van der Waals surface area (Å²) in [6.45, 7) is 5.03. The smallest absolute Gasteiger partial charge is 0.272 e. The predicted molar refractivity (Wildman–Crippen MR) is 108 cm³/mol.